The van der Waals surface area contributed by atoms with Gasteiger partial charge < -0.3 is 0 Å². The van der Waals surface area contributed by atoms with E-state index in [-0.39, 0.29) is 12.3 Å². The fraction of sp³-hybridized carbons (Fsp3) is 1.00. The zero-order valence-corrected chi connectivity index (χ0v) is 6.37. The number of hydrogen-bond acceptors (Lipinski definition) is 0. The fourth-order valence-corrected chi connectivity index (χ4v) is 1.28. The monoisotopic (exact) mass is 180 g/mol. The van der Waals surface area contributed by atoms with E-state index in [9.17, 15) is 0 Å². The minimum absolute atomic E-state index is 0.0451. The summed E-state index contributed by atoms with van der Waals surface area (Å²) in [6.07, 6.45) is -1.63. The van der Waals surface area contributed by atoms with Gasteiger partial charge >= 0.3 is 0 Å². The molecule has 1 fully saturated rings. The Morgan fingerprint density at radius 1 is 1.50 bits per heavy atom. The number of hydrogen-bond donors (Lipinski definition) is 0. The minimum atomic E-state index is -1.32. The van der Waals surface area contributed by atoms with Crippen molar-refractivity contribution in [3.05, 3.63) is 0 Å². The predicted octanol–water partition coefficient (Wildman–Crippen LogP) is 2.96. The molecule has 0 aromatic carbocycles. The van der Waals surface area contributed by atoms with E-state index < -0.39 is 12.7 Å². The lowest BCUT2D eigenvalue weighted by Gasteiger charge is -2.18. The Morgan fingerprint density at radius 3 is 2.62 bits per heavy atom. The van der Waals surface area contributed by atoms with Crippen molar-refractivity contribution in [1.29, 1.82) is 0 Å². The van der Waals surface area contributed by atoms with Gasteiger partial charge in [0.05, 0.1) is 0 Å². The molecule has 0 amide bonds. The molecule has 0 aromatic rings. The SMILES string of the molecule is [2H]C1([2H])CC(CBr)CC([2H])([2H])C1. The molecule has 0 radical (unpaired) electrons. The molecule has 0 bridgehead atoms. The molecule has 0 saturated heterocycles. The second kappa shape index (κ2) is 3.49. The van der Waals surface area contributed by atoms with Crippen LogP contribution >= 0.6 is 15.9 Å². The molecule has 0 unspecified atom stereocenters. The van der Waals surface area contributed by atoms with Crippen LogP contribution in [0.3, 0.4) is 0 Å². The predicted molar refractivity (Wildman–Crippen MR) is 40.4 cm³/mol. The van der Waals surface area contributed by atoms with Crippen LogP contribution in [0.15, 0.2) is 0 Å². The lowest BCUT2D eigenvalue weighted by atomic mass is 9.91. The van der Waals surface area contributed by atoms with Crippen LogP contribution < -0.4 is 0 Å². The second-order valence-corrected chi connectivity index (χ2v) is 2.75. The molecule has 0 nitrogen and oxygen atoms in total. The summed E-state index contributed by atoms with van der Waals surface area (Å²) in [6, 6.07) is 0. The Bertz CT molecular complexity index is 153. The normalized spacial score (nSPS) is 43.6. The molecule has 0 atom stereocenters. The summed E-state index contributed by atoms with van der Waals surface area (Å²) in [5, 5.41) is 0.700. The van der Waals surface area contributed by atoms with Gasteiger partial charge in [0.25, 0.3) is 0 Å². The largest absolute Gasteiger partial charge is 0.0925 e. The third kappa shape index (κ3) is 1.77. The van der Waals surface area contributed by atoms with E-state index in [1.54, 1.807) is 0 Å². The number of halogens is 1. The van der Waals surface area contributed by atoms with Gasteiger partial charge in [0.15, 0.2) is 0 Å². The molecular weight excluding hydrogens is 164 g/mol. The molecule has 0 aliphatic heterocycles. The van der Waals surface area contributed by atoms with Crippen LogP contribution in [0.1, 0.15) is 37.5 Å². The van der Waals surface area contributed by atoms with Gasteiger partial charge in [-0.05, 0) is 18.8 Å². The highest BCUT2D eigenvalue weighted by molar-refractivity contribution is 9.09. The molecule has 1 heteroatoms. The third-order valence-electron chi connectivity index (χ3n) is 1.33. The van der Waals surface area contributed by atoms with Crippen molar-refractivity contribution in [3.63, 3.8) is 0 Å². The van der Waals surface area contributed by atoms with Gasteiger partial charge in [-0.15, -0.1) is 0 Å². The van der Waals surface area contributed by atoms with Crippen molar-refractivity contribution < 1.29 is 5.48 Å². The number of alkyl halides is 1. The Kier molecular flexibility index (Phi) is 1.33. The van der Waals surface area contributed by atoms with Crippen LogP contribution in [0.2, 0.25) is 0 Å². The molecule has 0 aromatic heterocycles. The van der Waals surface area contributed by atoms with Gasteiger partial charge in [-0.3, -0.25) is 0 Å². The van der Waals surface area contributed by atoms with Gasteiger partial charge in [0.2, 0.25) is 0 Å². The molecule has 0 N–H and O–H groups in total. The van der Waals surface area contributed by atoms with Crippen LogP contribution in [0.4, 0.5) is 0 Å². The van der Waals surface area contributed by atoms with E-state index in [1.807, 2.05) is 0 Å². The van der Waals surface area contributed by atoms with Crippen molar-refractivity contribution in [3.8, 4) is 0 Å². The Balaban J connectivity index is 2.66. The Labute approximate surface area is 65.4 Å². The summed E-state index contributed by atoms with van der Waals surface area (Å²) >= 11 is 3.28. The van der Waals surface area contributed by atoms with E-state index in [4.69, 9.17) is 5.48 Å². The van der Waals surface area contributed by atoms with E-state index >= 15 is 0 Å². The first kappa shape index (κ1) is 3.05. The van der Waals surface area contributed by atoms with Crippen LogP contribution in [0.5, 0.6) is 0 Å². The summed E-state index contributed by atoms with van der Waals surface area (Å²) in [4.78, 5) is 0. The molecule has 1 rings (SSSR count). The summed E-state index contributed by atoms with van der Waals surface area (Å²) in [6.45, 7) is 0. The van der Waals surface area contributed by atoms with Crippen molar-refractivity contribution in [2.24, 2.45) is 5.92 Å². The topological polar surface area (TPSA) is 0 Å². The van der Waals surface area contributed by atoms with E-state index in [0.29, 0.717) is 18.2 Å². The average molecular weight is 181 g/mol. The fourth-order valence-electron chi connectivity index (χ4n) is 0.822. The molecule has 1 aliphatic rings. The van der Waals surface area contributed by atoms with Gasteiger partial charge in [-0.25, -0.2) is 0 Å². The highest BCUT2D eigenvalue weighted by atomic mass is 79.9. The maximum absolute atomic E-state index is 7.52. The van der Waals surface area contributed by atoms with Crippen LogP contribution in [0.25, 0.3) is 0 Å². The second-order valence-electron chi connectivity index (χ2n) is 2.11. The van der Waals surface area contributed by atoms with Crippen LogP contribution in [-0.2, 0) is 0 Å². The summed E-state index contributed by atoms with van der Waals surface area (Å²) in [7, 11) is 0. The quantitative estimate of drug-likeness (QED) is 0.545. The number of rotatable bonds is 1. The van der Waals surface area contributed by atoms with Crippen molar-refractivity contribution in [2.45, 2.75) is 32.0 Å². The molecule has 48 valence electrons. The van der Waals surface area contributed by atoms with Crippen molar-refractivity contribution >= 4 is 15.9 Å². The van der Waals surface area contributed by atoms with Crippen LogP contribution in [-0.4, -0.2) is 5.33 Å². The first-order valence-corrected chi connectivity index (χ1v) is 4.03. The zero-order valence-electron chi connectivity index (χ0n) is 8.78. The van der Waals surface area contributed by atoms with Crippen molar-refractivity contribution in [2.75, 3.05) is 5.33 Å². The molecule has 0 heterocycles. The summed E-state index contributed by atoms with van der Waals surface area (Å²) in [5.41, 5.74) is 0. The highest BCUT2D eigenvalue weighted by Gasteiger charge is 2.10. The molecule has 1 aliphatic carbocycles. The Morgan fingerprint density at radius 2 is 2.12 bits per heavy atom. The smallest absolute Gasteiger partial charge is 0.0267 e. The minimum Gasteiger partial charge on any atom is -0.0925 e. The molecule has 8 heavy (non-hydrogen) atoms. The molecule has 1 saturated carbocycles. The van der Waals surface area contributed by atoms with Gasteiger partial charge in [-0.2, -0.15) is 0 Å². The molecule has 0 spiro atoms. The lowest BCUT2D eigenvalue weighted by Crippen LogP contribution is -2.06. The average Bonchev–Trinajstić information content (AvgIpc) is 1.80. The van der Waals surface area contributed by atoms with Gasteiger partial charge in [0, 0.05) is 10.8 Å². The first-order chi connectivity index (χ1) is 5.35. The summed E-state index contributed by atoms with van der Waals surface area (Å²) < 4.78 is 30.1. The van der Waals surface area contributed by atoms with E-state index in [0.717, 1.165) is 0 Å². The van der Waals surface area contributed by atoms with Gasteiger partial charge in [0.1, 0.15) is 0 Å². The lowest BCUT2D eigenvalue weighted by molar-refractivity contribution is 0.392. The standard InChI is InChI=1S/C7H13Br/c8-6-7-4-2-1-3-5-7/h7H,1-6H2/i2D2,3D2. The maximum atomic E-state index is 7.52. The van der Waals surface area contributed by atoms with Crippen molar-refractivity contribution in [1.82, 2.24) is 0 Å². The maximum Gasteiger partial charge on any atom is 0.0267 e. The first-order valence-electron chi connectivity index (χ1n) is 4.91. The van der Waals surface area contributed by atoms with Gasteiger partial charge in [-0.1, -0.05) is 35.1 Å². The molecular formula is C7H13Br. The van der Waals surface area contributed by atoms with E-state index in [1.165, 1.54) is 0 Å². The summed E-state index contributed by atoms with van der Waals surface area (Å²) in [5.74, 6) is 0.142. The van der Waals surface area contributed by atoms with E-state index in [2.05, 4.69) is 15.9 Å². The Hall–Kier alpha value is 0.480. The zero-order chi connectivity index (χ0) is 9.41. The van der Waals surface area contributed by atoms with Crippen LogP contribution in [0, 0.1) is 5.92 Å². The third-order valence-corrected chi connectivity index (χ3v) is 2.25. The highest BCUT2D eigenvalue weighted by Crippen LogP contribution is 2.24.